The van der Waals surface area contributed by atoms with Crippen molar-refractivity contribution in [1.82, 2.24) is 4.90 Å². The molecule has 2 fully saturated rings. The van der Waals surface area contributed by atoms with Gasteiger partial charge in [-0.2, -0.15) is 0 Å². The molecule has 1 amide bonds. The van der Waals surface area contributed by atoms with Crippen molar-refractivity contribution in [3.05, 3.63) is 63.1 Å². The number of hydrogen-bond acceptors (Lipinski definition) is 2. The van der Waals surface area contributed by atoms with E-state index in [4.69, 9.17) is 34.8 Å². The minimum Gasteiger partial charge on any atom is -0.360 e. The number of nitrogens with zero attached hydrogens (tertiary/aromatic N) is 2. The zero-order valence-corrected chi connectivity index (χ0v) is 20.0. The van der Waals surface area contributed by atoms with Crippen LogP contribution in [0.5, 0.6) is 0 Å². The van der Waals surface area contributed by atoms with Crippen molar-refractivity contribution in [1.29, 1.82) is 0 Å². The molecule has 1 saturated heterocycles. The zero-order valence-electron chi connectivity index (χ0n) is 17.8. The number of amides is 1. The van der Waals surface area contributed by atoms with Crippen LogP contribution in [0.1, 0.15) is 39.3 Å². The lowest BCUT2D eigenvalue weighted by Crippen LogP contribution is -2.51. The summed E-state index contributed by atoms with van der Waals surface area (Å²) in [5.74, 6) is 0.312. The van der Waals surface area contributed by atoms with Gasteiger partial charge in [-0.1, -0.05) is 74.6 Å². The van der Waals surface area contributed by atoms with E-state index in [2.05, 4.69) is 32.6 Å². The number of benzene rings is 2. The molecule has 0 unspecified atom stereocenters. The fourth-order valence-electron chi connectivity index (χ4n) is 4.95. The van der Waals surface area contributed by atoms with Gasteiger partial charge >= 0.3 is 0 Å². The summed E-state index contributed by atoms with van der Waals surface area (Å²) in [5.41, 5.74) is 2.09. The SMILES string of the molecule is CC1(C)C(C(=O)N2CCN(c3ccc(Cl)cc3Cl)[C@H](c3ccc(Cl)cc3)C2)C1(C)C. The average molecular weight is 466 g/mol. The summed E-state index contributed by atoms with van der Waals surface area (Å²) < 4.78 is 0. The second-order valence-corrected chi connectivity index (χ2v) is 10.8. The first-order valence-electron chi connectivity index (χ1n) is 10.3. The Morgan fingerprint density at radius 2 is 1.50 bits per heavy atom. The number of carbonyl (C=O) groups excluding carboxylic acids is 1. The Hall–Kier alpha value is -1.42. The van der Waals surface area contributed by atoms with Gasteiger partial charge in [-0.25, -0.2) is 0 Å². The highest BCUT2D eigenvalue weighted by molar-refractivity contribution is 6.36. The molecule has 1 heterocycles. The number of hydrogen-bond donors (Lipinski definition) is 0. The van der Waals surface area contributed by atoms with Gasteiger partial charge in [0.15, 0.2) is 0 Å². The van der Waals surface area contributed by atoms with E-state index in [-0.39, 0.29) is 28.7 Å². The van der Waals surface area contributed by atoms with Crippen LogP contribution in [0.4, 0.5) is 5.69 Å². The molecule has 0 N–H and O–H groups in total. The zero-order chi connectivity index (χ0) is 21.8. The molecule has 1 aliphatic heterocycles. The van der Waals surface area contributed by atoms with Crippen LogP contribution in [-0.2, 0) is 4.79 Å². The highest BCUT2D eigenvalue weighted by Gasteiger charge is 2.69. The number of carbonyl (C=O) groups is 1. The summed E-state index contributed by atoms with van der Waals surface area (Å²) in [6.45, 7) is 10.7. The maximum absolute atomic E-state index is 13.4. The Morgan fingerprint density at radius 3 is 2.07 bits per heavy atom. The lowest BCUT2D eigenvalue weighted by molar-refractivity contribution is -0.134. The molecule has 2 aromatic carbocycles. The topological polar surface area (TPSA) is 23.6 Å². The Labute approximate surface area is 193 Å². The van der Waals surface area contributed by atoms with Gasteiger partial charge in [0.05, 0.1) is 16.8 Å². The van der Waals surface area contributed by atoms with Crippen molar-refractivity contribution in [2.45, 2.75) is 33.7 Å². The van der Waals surface area contributed by atoms with E-state index in [1.54, 1.807) is 6.07 Å². The summed E-state index contributed by atoms with van der Waals surface area (Å²) >= 11 is 18.8. The quantitative estimate of drug-likeness (QED) is 0.502. The van der Waals surface area contributed by atoms with Gasteiger partial charge in [0.1, 0.15) is 0 Å². The van der Waals surface area contributed by atoms with E-state index in [1.807, 2.05) is 41.3 Å². The van der Waals surface area contributed by atoms with Crippen molar-refractivity contribution in [3.63, 3.8) is 0 Å². The smallest absolute Gasteiger partial charge is 0.226 e. The first-order valence-corrected chi connectivity index (χ1v) is 11.4. The Balaban J connectivity index is 1.65. The molecule has 1 aliphatic carbocycles. The van der Waals surface area contributed by atoms with E-state index < -0.39 is 0 Å². The third-order valence-corrected chi connectivity index (χ3v) is 8.22. The molecule has 2 aromatic rings. The van der Waals surface area contributed by atoms with Crippen LogP contribution in [0, 0.1) is 16.7 Å². The average Bonchev–Trinajstić information content (AvgIpc) is 3.10. The van der Waals surface area contributed by atoms with Crippen LogP contribution in [0.3, 0.4) is 0 Å². The molecule has 0 spiro atoms. The first-order chi connectivity index (χ1) is 14.0. The van der Waals surface area contributed by atoms with Gasteiger partial charge in [-0.15, -0.1) is 0 Å². The molecule has 1 saturated carbocycles. The second kappa shape index (κ2) is 7.62. The van der Waals surface area contributed by atoms with E-state index >= 15 is 0 Å². The van der Waals surface area contributed by atoms with Crippen LogP contribution in [0.2, 0.25) is 15.1 Å². The van der Waals surface area contributed by atoms with Crippen molar-refractivity contribution in [2.75, 3.05) is 24.5 Å². The Kier molecular flexibility index (Phi) is 5.53. The van der Waals surface area contributed by atoms with Gasteiger partial charge in [-0.3, -0.25) is 4.79 Å². The summed E-state index contributed by atoms with van der Waals surface area (Å²) in [6, 6.07) is 13.4. The molecule has 160 valence electrons. The largest absolute Gasteiger partial charge is 0.360 e. The summed E-state index contributed by atoms with van der Waals surface area (Å²) in [7, 11) is 0. The highest BCUT2D eigenvalue weighted by Crippen LogP contribution is 2.68. The number of rotatable bonds is 3. The predicted octanol–water partition coefficient (Wildman–Crippen LogP) is 6.72. The maximum Gasteiger partial charge on any atom is 0.226 e. The third kappa shape index (κ3) is 3.59. The molecule has 30 heavy (non-hydrogen) atoms. The molecule has 4 rings (SSSR count). The lowest BCUT2D eigenvalue weighted by Gasteiger charge is -2.43. The monoisotopic (exact) mass is 464 g/mol. The van der Waals surface area contributed by atoms with E-state index in [9.17, 15) is 4.79 Å². The van der Waals surface area contributed by atoms with Gasteiger partial charge in [0, 0.05) is 35.6 Å². The normalized spacial score (nSPS) is 22.8. The molecule has 0 aromatic heterocycles. The third-order valence-electron chi connectivity index (χ3n) is 7.43. The van der Waals surface area contributed by atoms with Gasteiger partial charge in [0.2, 0.25) is 5.91 Å². The van der Waals surface area contributed by atoms with Crippen molar-refractivity contribution in [2.24, 2.45) is 16.7 Å². The minimum atomic E-state index is -0.0105. The second-order valence-electron chi connectivity index (χ2n) is 9.52. The number of piperazine rings is 1. The fraction of sp³-hybridized carbons (Fsp3) is 0.458. The van der Waals surface area contributed by atoms with Crippen molar-refractivity contribution in [3.8, 4) is 0 Å². The van der Waals surface area contributed by atoms with Crippen LogP contribution < -0.4 is 4.90 Å². The van der Waals surface area contributed by atoms with E-state index in [0.29, 0.717) is 34.7 Å². The van der Waals surface area contributed by atoms with Crippen LogP contribution >= 0.6 is 34.8 Å². The molecule has 6 heteroatoms. The van der Waals surface area contributed by atoms with E-state index in [0.717, 1.165) is 11.3 Å². The molecular weight excluding hydrogens is 439 g/mol. The fourth-order valence-corrected chi connectivity index (χ4v) is 5.60. The molecule has 1 atom stereocenters. The van der Waals surface area contributed by atoms with Gasteiger partial charge < -0.3 is 9.80 Å². The Morgan fingerprint density at radius 1 is 0.900 bits per heavy atom. The lowest BCUT2D eigenvalue weighted by atomic mass is 10.00. The van der Waals surface area contributed by atoms with Gasteiger partial charge in [-0.05, 0) is 46.7 Å². The molecule has 0 radical (unpaired) electrons. The number of anilines is 1. The first kappa shape index (κ1) is 21.8. The summed E-state index contributed by atoms with van der Waals surface area (Å²) in [4.78, 5) is 17.7. The standard InChI is InChI=1S/C24H27Cl3N2O/c1-23(2)21(24(23,3)4)22(30)28-11-12-29(19-10-9-17(26)13-18(19)27)20(14-28)15-5-7-16(25)8-6-15/h5-10,13,20-21H,11-12,14H2,1-4H3/t20-/m0/s1. The van der Waals surface area contributed by atoms with Crippen LogP contribution in [-0.4, -0.2) is 30.4 Å². The molecular formula is C24H27Cl3N2O. The number of halogens is 3. The summed E-state index contributed by atoms with van der Waals surface area (Å²) in [5, 5.41) is 1.92. The Bertz CT molecular complexity index is 957. The maximum atomic E-state index is 13.4. The van der Waals surface area contributed by atoms with Gasteiger partial charge in [0.25, 0.3) is 0 Å². The van der Waals surface area contributed by atoms with Crippen LogP contribution in [0.15, 0.2) is 42.5 Å². The van der Waals surface area contributed by atoms with Crippen molar-refractivity contribution < 1.29 is 4.79 Å². The van der Waals surface area contributed by atoms with Crippen LogP contribution in [0.25, 0.3) is 0 Å². The van der Waals surface area contributed by atoms with Crippen molar-refractivity contribution >= 4 is 46.4 Å². The minimum absolute atomic E-state index is 0.0105. The molecule has 0 bridgehead atoms. The summed E-state index contributed by atoms with van der Waals surface area (Å²) in [6.07, 6.45) is 0. The van der Waals surface area contributed by atoms with E-state index in [1.165, 1.54) is 0 Å². The highest BCUT2D eigenvalue weighted by atomic mass is 35.5. The molecule has 3 nitrogen and oxygen atoms in total. The molecule has 2 aliphatic rings. The predicted molar refractivity (Wildman–Crippen MR) is 126 cm³/mol.